The molecule has 0 saturated carbocycles. The second-order valence-corrected chi connectivity index (χ2v) is 8.61. The van der Waals surface area contributed by atoms with E-state index >= 15 is 0 Å². The summed E-state index contributed by atoms with van der Waals surface area (Å²) in [5.41, 5.74) is 1.38. The lowest BCUT2D eigenvalue weighted by Gasteiger charge is -2.34. The lowest BCUT2D eigenvalue weighted by molar-refractivity contribution is 0.0624. The molecule has 1 aliphatic rings. The van der Waals surface area contributed by atoms with Crippen molar-refractivity contribution in [1.29, 1.82) is 0 Å². The van der Waals surface area contributed by atoms with Crippen LogP contribution in [0.25, 0.3) is 22.2 Å². The summed E-state index contributed by atoms with van der Waals surface area (Å²) in [6.07, 6.45) is 0. The van der Waals surface area contributed by atoms with E-state index in [1.807, 2.05) is 47.4 Å². The van der Waals surface area contributed by atoms with Crippen molar-refractivity contribution in [1.82, 2.24) is 19.9 Å². The highest BCUT2D eigenvalue weighted by molar-refractivity contribution is 6.36. The van der Waals surface area contributed by atoms with Gasteiger partial charge in [0.25, 0.3) is 11.8 Å². The summed E-state index contributed by atoms with van der Waals surface area (Å²) in [4.78, 5) is 21.5. The third-order valence-electron chi connectivity index (χ3n) is 5.65. The summed E-state index contributed by atoms with van der Waals surface area (Å²) < 4.78 is 5.39. The molecular weight excluding hydrogens is 447 g/mol. The van der Waals surface area contributed by atoms with E-state index in [4.69, 9.17) is 27.7 Å². The summed E-state index contributed by atoms with van der Waals surface area (Å²) in [7, 11) is 0. The topological polar surface area (TPSA) is 62.5 Å². The van der Waals surface area contributed by atoms with Gasteiger partial charge in [-0.15, -0.1) is 0 Å². The molecule has 1 aromatic heterocycles. The molecule has 0 unspecified atom stereocenters. The van der Waals surface area contributed by atoms with E-state index in [9.17, 15) is 4.79 Å². The Bertz CT molecular complexity index is 1280. The second-order valence-electron chi connectivity index (χ2n) is 7.77. The van der Waals surface area contributed by atoms with Gasteiger partial charge in [0.05, 0.1) is 17.1 Å². The number of rotatable bonds is 4. The molecule has 0 N–H and O–H groups in total. The Hall–Kier alpha value is -2.93. The minimum absolute atomic E-state index is 0.0645. The van der Waals surface area contributed by atoms with Gasteiger partial charge in [-0.05, 0) is 41.1 Å². The maximum Gasteiger partial charge on any atom is 0.259 e. The minimum atomic E-state index is 0.0645. The predicted molar refractivity (Wildman–Crippen MR) is 125 cm³/mol. The summed E-state index contributed by atoms with van der Waals surface area (Å²) >= 11 is 12.2. The first-order valence-electron chi connectivity index (χ1n) is 10.4. The lowest BCUT2D eigenvalue weighted by atomic mass is 10.1. The van der Waals surface area contributed by atoms with E-state index in [-0.39, 0.29) is 5.91 Å². The molecule has 4 aromatic rings. The molecular formula is C24H20Cl2N4O2. The van der Waals surface area contributed by atoms with Crippen molar-refractivity contribution in [2.75, 3.05) is 26.2 Å². The number of hydrogen-bond acceptors (Lipinski definition) is 5. The number of benzene rings is 3. The molecule has 1 saturated heterocycles. The predicted octanol–water partition coefficient (Wildman–Crippen LogP) is 5.15. The molecule has 1 aliphatic heterocycles. The van der Waals surface area contributed by atoms with Crippen molar-refractivity contribution in [3.8, 4) is 11.5 Å². The van der Waals surface area contributed by atoms with E-state index in [2.05, 4.69) is 15.0 Å². The van der Waals surface area contributed by atoms with Crippen LogP contribution in [0.1, 0.15) is 16.2 Å². The van der Waals surface area contributed by atoms with Crippen LogP contribution in [0.15, 0.2) is 65.2 Å². The number of carbonyl (C=O) groups is 1. The molecule has 6 nitrogen and oxygen atoms in total. The van der Waals surface area contributed by atoms with Gasteiger partial charge in [0.1, 0.15) is 0 Å². The number of carbonyl (C=O) groups excluding carboxylic acids is 1. The number of piperazine rings is 1. The SMILES string of the molecule is O=C(c1ccc2ccccc2c1)N1CCN(Cc2noc(-c3ccc(Cl)cc3Cl)n2)CC1. The van der Waals surface area contributed by atoms with Crippen LogP contribution in [0.5, 0.6) is 0 Å². The summed E-state index contributed by atoms with van der Waals surface area (Å²) in [5.74, 6) is 1.02. The normalized spacial score (nSPS) is 14.8. The number of amides is 1. The molecule has 32 heavy (non-hydrogen) atoms. The van der Waals surface area contributed by atoms with Gasteiger partial charge in [-0.3, -0.25) is 9.69 Å². The van der Waals surface area contributed by atoms with E-state index in [1.54, 1.807) is 18.2 Å². The van der Waals surface area contributed by atoms with Crippen molar-refractivity contribution in [3.63, 3.8) is 0 Å². The summed E-state index contributed by atoms with van der Waals surface area (Å²) in [6, 6.07) is 19.1. The smallest absolute Gasteiger partial charge is 0.259 e. The Labute approximate surface area is 195 Å². The van der Waals surface area contributed by atoms with Crippen molar-refractivity contribution < 1.29 is 9.32 Å². The Kier molecular flexibility index (Phi) is 5.83. The zero-order chi connectivity index (χ0) is 22.1. The largest absolute Gasteiger partial charge is 0.336 e. The molecule has 3 aromatic carbocycles. The third-order valence-corrected chi connectivity index (χ3v) is 6.20. The summed E-state index contributed by atoms with van der Waals surface area (Å²) in [5, 5.41) is 7.31. The first-order chi connectivity index (χ1) is 15.6. The van der Waals surface area contributed by atoms with E-state index in [0.717, 1.165) is 29.4 Å². The Morgan fingerprint density at radius 3 is 2.50 bits per heavy atom. The maximum atomic E-state index is 13.0. The lowest BCUT2D eigenvalue weighted by Crippen LogP contribution is -2.48. The van der Waals surface area contributed by atoms with Gasteiger partial charge in [0, 0.05) is 36.8 Å². The highest BCUT2D eigenvalue weighted by atomic mass is 35.5. The third kappa shape index (κ3) is 4.35. The molecule has 0 bridgehead atoms. The Morgan fingerprint density at radius 2 is 1.72 bits per heavy atom. The number of halogens is 2. The number of fused-ring (bicyclic) bond motifs is 1. The first-order valence-corrected chi connectivity index (χ1v) is 11.1. The minimum Gasteiger partial charge on any atom is -0.336 e. The van der Waals surface area contributed by atoms with Crippen LogP contribution in [0.4, 0.5) is 0 Å². The first kappa shape index (κ1) is 20.9. The van der Waals surface area contributed by atoms with Crippen LogP contribution < -0.4 is 0 Å². The van der Waals surface area contributed by atoms with Gasteiger partial charge in [0.2, 0.25) is 0 Å². The van der Waals surface area contributed by atoms with Gasteiger partial charge in [0.15, 0.2) is 5.82 Å². The van der Waals surface area contributed by atoms with Gasteiger partial charge in [-0.2, -0.15) is 4.98 Å². The maximum absolute atomic E-state index is 13.0. The highest BCUT2D eigenvalue weighted by Gasteiger charge is 2.23. The standard InChI is InChI=1S/C24H20Cl2N4O2/c25-19-7-8-20(21(26)14-19)23-27-22(28-32-23)15-29-9-11-30(12-10-29)24(31)18-6-5-16-3-1-2-4-17(16)13-18/h1-8,13-14H,9-12,15H2. The quantitative estimate of drug-likeness (QED) is 0.415. The van der Waals surface area contributed by atoms with Gasteiger partial charge in [-0.25, -0.2) is 0 Å². The van der Waals surface area contributed by atoms with Crippen molar-refractivity contribution in [2.24, 2.45) is 0 Å². The van der Waals surface area contributed by atoms with Crippen LogP contribution in [-0.4, -0.2) is 52.0 Å². The zero-order valence-electron chi connectivity index (χ0n) is 17.2. The molecule has 0 radical (unpaired) electrons. The fourth-order valence-electron chi connectivity index (χ4n) is 3.90. The molecule has 1 amide bonds. The molecule has 8 heteroatoms. The number of nitrogens with zero attached hydrogens (tertiary/aromatic N) is 4. The fraction of sp³-hybridized carbons (Fsp3) is 0.208. The van der Waals surface area contributed by atoms with E-state index < -0.39 is 0 Å². The number of aromatic nitrogens is 2. The molecule has 2 heterocycles. The number of hydrogen-bond donors (Lipinski definition) is 0. The highest BCUT2D eigenvalue weighted by Crippen LogP contribution is 2.29. The monoisotopic (exact) mass is 466 g/mol. The Balaban J connectivity index is 1.20. The molecule has 0 atom stereocenters. The van der Waals surface area contributed by atoms with Crippen LogP contribution in [0.3, 0.4) is 0 Å². The van der Waals surface area contributed by atoms with Crippen LogP contribution in [0, 0.1) is 0 Å². The van der Waals surface area contributed by atoms with E-state index in [1.165, 1.54) is 0 Å². The van der Waals surface area contributed by atoms with Gasteiger partial charge in [-0.1, -0.05) is 58.7 Å². The molecule has 162 valence electrons. The van der Waals surface area contributed by atoms with Crippen molar-refractivity contribution in [2.45, 2.75) is 6.54 Å². The van der Waals surface area contributed by atoms with Crippen molar-refractivity contribution >= 4 is 39.9 Å². The van der Waals surface area contributed by atoms with Gasteiger partial charge >= 0.3 is 0 Å². The van der Waals surface area contributed by atoms with Crippen molar-refractivity contribution in [3.05, 3.63) is 82.1 Å². The van der Waals surface area contributed by atoms with E-state index in [0.29, 0.717) is 47.0 Å². The van der Waals surface area contributed by atoms with Crippen LogP contribution in [-0.2, 0) is 6.54 Å². The average Bonchev–Trinajstić information content (AvgIpc) is 3.27. The zero-order valence-corrected chi connectivity index (χ0v) is 18.7. The average molecular weight is 467 g/mol. The fourth-order valence-corrected chi connectivity index (χ4v) is 4.39. The van der Waals surface area contributed by atoms with Gasteiger partial charge < -0.3 is 9.42 Å². The molecule has 0 spiro atoms. The van der Waals surface area contributed by atoms with Crippen LogP contribution >= 0.6 is 23.2 Å². The second kappa shape index (κ2) is 8.90. The molecule has 0 aliphatic carbocycles. The molecule has 1 fully saturated rings. The Morgan fingerprint density at radius 1 is 0.938 bits per heavy atom. The van der Waals surface area contributed by atoms with Crippen LogP contribution in [0.2, 0.25) is 10.0 Å². The molecule has 5 rings (SSSR count). The summed E-state index contributed by atoms with van der Waals surface area (Å²) in [6.45, 7) is 3.33.